The van der Waals surface area contributed by atoms with Gasteiger partial charge in [0, 0.05) is 11.8 Å². The van der Waals surface area contributed by atoms with Crippen LogP contribution < -0.4 is 5.32 Å². The maximum atomic E-state index is 12.1. The Morgan fingerprint density at radius 3 is 2.62 bits per heavy atom. The van der Waals surface area contributed by atoms with Crippen molar-refractivity contribution in [2.75, 3.05) is 12.8 Å². The maximum Gasteiger partial charge on any atom is 0.245 e. The molecule has 1 rings (SSSR count). The summed E-state index contributed by atoms with van der Waals surface area (Å²) in [7, 11) is 0. The highest BCUT2D eigenvalue weighted by molar-refractivity contribution is 7.99. The summed E-state index contributed by atoms with van der Waals surface area (Å²) in [6, 6.07) is -0.678. The Kier molecular flexibility index (Phi) is 4.65. The number of nitrogens with zero attached hydrogens (tertiary/aromatic N) is 1. The van der Waals surface area contributed by atoms with Crippen molar-refractivity contribution >= 4 is 23.6 Å². The lowest BCUT2D eigenvalue weighted by Crippen LogP contribution is -2.63. The Morgan fingerprint density at radius 2 is 2.12 bits per heavy atom. The Morgan fingerprint density at radius 1 is 1.50 bits per heavy atom. The molecule has 4 nitrogen and oxygen atoms in total. The summed E-state index contributed by atoms with van der Waals surface area (Å²) >= 11 is 1.71. The van der Waals surface area contributed by atoms with Gasteiger partial charge >= 0.3 is 0 Å². The average Bonchev–Trinajstić information content (AvgIpc) is 2.28. The summed E-state index contributed by atoms with van der Waals surface area (Å²) < 4.78 is 0. The van der Waals surface area contributed by atoms with Crippen LogP contribution in [0.25, 0.3) is 0 Å². The summed E-state index contributed by atoms with van der Waals surface area (Å²) in [6.07, 6.45) is 2.67. The van der Waals surface area contributed by atoms with Crippen molar-refractivity contribution in [3.8, 4) is 0 Å². The zero-order chi connectivity index (χ0) is 12.3. The number of carbonyl (C=O) groups excluding carboxylic acids is 2. The van der Waals surface area contributed by atoms with Gasteiger partial charge in [0.05, 0.1) is 0 Å². The van der Waals surface area contributed by atoms with Crippen molar-refractivity contribution in [3.63, 3.8) is 0 Å². The zero-order valence-corrected chi connectivity index (χ0v) is 11.1. The first kappa shape index (κ1) is 13.4. The van der Waals surface area contributed by atoms with E-state index in [9.17, 15) is 9.59 Å². The minimum atomic E-state index is -0.343. The first-order valence-electron chi connectivity index (χ1n) is 5.64. The van der Waals surface area contributed by atoms with Gasteiger partial charge in [-0.05, 0) is 19.6 Å². The van der Waals surface area contributed by atoms with Crippen molar-refractivity contribution in [2.45, 2.75) is 44.5 Å². The van der Waals surface area contributed by atoms with Gasteiger partial charge in [0.15, 0.2) is 0 Å². The minimum absolute atomic E-state index is 0.0419. The minimum Gasteiger partial charge on any atom is -0.343 e. The predicted octanol–water partition coefficient (Wildman–Crippen LogP) is 0.863. The molecule has 1 N–H and O–H groups in total. The topological polar surface area (TPSA) is 49.4 Å². The molecule has 0 bridgehead atoms. The van der Waals surface area contributed by atoms with E-state index in [-0.39, 0.29) is 23.9 Å². The van der Waals surface area contributed by atoms with Crippen LogP contribution in [0, 0.1) is 0 Å². The molecule has 0 spiro atoms. The maximum absolute atomic E-state index is 12.1. The number of amides is 2. The SMILES string of the molecule is CCC1NC(=O)C(C)N(CC(C)SC)C1=O. The zero-order valence-electron chi connectivity index (χ0n) is 10.3. The van der Waals surface area contributed by atoms with Gasteiger partial charge in [0.2, 0.25) is 11.8 Å². The first-order chi connectivity index (χ1) is 7.51. The summed E-state index contributed by atoms with van der Waals surface area (Å²) in [5.41, 5.74) is 0. The molecule has 1 heterocycles. The average molecular weight is 244 g/mol. The number of thioether (sulfide) groups is 1. The molecule has 16 heavy (non-hydrogen) atoms. The van der Waals surface area contributed by atoms with Crippen molar-refractivity contribution in [2.24, 2.45) is 0 Å². The van der Waals surface area contributed by atoms with Gasteiger partial charge in [-0.2, -0.15) is 11.8 Å². The first-order valence-corrected chi connectivity index (χ1v) is 6.93. The molecule has 92 valence electrons. The molecule has 0 aliphatic carbocycles. The molecule has 1 fully saturated rings. The molecule has 3 atom stereocenters. The molecule has 0 aromatic carbocycles. The Balaban J connectivity index is 2.77. The normalized spacial score (nSPS) is 27.9. The van der Waals surface area contributed by atoms with Crippen LogP contribution in [-0.4, -0.2) is 46.8 Å². The van der Waals surface area contributed by atoms with Gasteiger partial charge in [-0.25, -0.2) is 0 Å². The van der Waals surface area contributed by atoms with E-state index >= 15 is 0 Å². The van der Waals surface area contributed by atoms with Gasteiger partial charge in [-0.15, -0.1) is 0 Å². The lowest BCUT2D eigenvalue weighted by Gasteiger charge is -2.38. The van der Waals surface area contributed by atoms with E-state index in [2.05, 4.69) is 12.2 Å². The Hall–Kier alpha value is -0.710. The third kappa shape index (κ3) is 2.70. The smallest absolute Gasteiger partial charge is 0.245 e. The second-order valence-corrected chi connectivity index (χ2v) is 5.46. The van der Waals surface area contributed by atoms with Gasteiger partial charge in [-0.1, -0.05) is 13.8 Å². The van der Waals surface area contributed by atoms with E-state index in [1.165, 1.54) is 0 Å². The molecular formula is C11H20N2O2S. The number of nitrogens with one attached hydrogen (secondary N) is 1. The summed E-state index contributed by atoms with van der Waals surface area (Å²) in [5, 5.41) is 3.11. The second-order valence-electron chi connectivity index (χ2n) is 4.18. The molecule has 3 unspecified atom stereocenters. The van der Waals surface area contributed by atoms with Crippen molar-refractivity contribution in [3.05, 3.63) is 0 Å². The molecule has 1 aliphatic rings. The largest absolute Gasteiger partial charge is 0.343 e. The van der Waals surface area contributed by atoms with Gasteiger partial charge in [0.25, 0.3) is 0 Å². The molecule has 0 aromatic rings. The Labute approximate surface area is 101 Å². The van der Waals surface area contributed by atoms with E-state index in [4.69, 9.17) is 0 Å². The third-order valence-electron chi connectivity index (χ3n) is 3.01. The van der Waals surface area contributed by atoms with E-state index in [1.54, 1.807) is 23.6 Å². The molecule has 5 heteroatoms. The fraction of sp³-hybridized carbons (Fsp3) is 0.818. The van der Waals surface area contributed by atoms with Gasteiger partial charge < -0.3 is 10.2 Å². The molecule has 2 amide bonds. The van der Waals surface area contributed by atoms with Crippen molar-refractivity contribution in [1.29, 1.82) is 0 Å². The van der Waals surface area contributed by atoms with Crippen LogP contribution in [0.2, 0.25) is 0 Å². The van der Waals surface area contributed by atoms with Crippen LogP contribution in [0.15, 0.2) is 0 Å². The quantitative estimate of drug-likeness (QED) is 0.798. The fourth-order valence-electron chi connectivity index (χ4n) is 1.76. The number of hydrogen-bond acceptors (Lipinski definition) is 3. The van der Waals surface area contributed by atoms with Crippen molar-refractivity contribution < 1.29 is 9.59 Å². The van der Waals surface area contributed by atoms with Gasteiger partial charge in [-0.3, -0.25) is 9.59 Å². The molecular weight excluding hydrogens is 224 g/mol. The van der Waals surface area contributed by atoms with Crippen LogP contribution in [0.4, 0.5) is 0 Å². The van der Waals surface area contributed by atoms with Crippen LogP contribution in [0.1, 0.15) is 27.2 Å². The highest BCUT2D eigenvalue weighted by atomic mass is 32.2. The standard InChI is InChI=1S/C11H20N2O2S/c1-5-9-11(15)13(6-7(2)16-4)8(3)10(14)12-9/h7-9H,5-6H2,1-4H3,(H,12,14). The van der Waals surface area contributed by atoms with Crippen LogP contribution in [0.5, 0.6) is 0 Å². The molecule has 1 aliphatic heterocycles. The van der Waals surface area contributed by atoms with E-state index in [0.717, 1.165) is 0 Å². The molecule has 0 aromatic heterocycles. The summed E-state index contributed by atoms with van der Waals surface area (Å²) in [6.45, 7) is 6.41. The highest BCUT2D eigenvalue weighted by Crippen LogP contribution is 2.16. The third-order valence-corrected chi connectivity index (χ3v) is 3.96. The molecule has 0 radical (unpaired) electrons. The van der Waals surface area contributed by atoms with E-state index in [1.807, 2.05) is 13.2 Å². The van der Waals surface area contributed by atoms with E-state index in [0.29, 0.717) is 18.2 Å². The van der Waals surface area contributed by atoms with Crippen molar-refractivity contribution in [1.82, 2.24) is 10.2 Å². The van der Waals surface area contributed by atoms with Crippen LogP contribution >= 0.6 is 11.8 Å². The monoisotopic (exact) mass is 244 g/mol. The summed E-state index contributed by atoms with van der Waals surface area (Å²) in [5.74, 6) is 0.00949. The highest BCUT2D eigenvalue weighted by Gasteiger charge is 2.37. The fourth-order valence-corrected chi connectivity index (χ4v) is 2.07. The van der Waals surface area contributed by atoms with Crippen LogP contribution in [-0.2, 0) is 9.59 Å². The molecule has 1 saturated heterocycles. The Bertz CT molecular complexity index is 283. The summed E-state index contributed by atoms with van der Waals surface area (Å²) in [4.78, 5) is 25.4. The number of rotatable bonds is 4. The lowest BCUT2D eigenvalue weighted by molar-refractivity contribution is -0.148. The molecule has 0 saturated carbocycles. The predicted molar refractivity (Wildman–Crippen MR) is 66.4 cm³/mol. The number of hydrogen-bond donors (Lipinski definition) is 1. The van der Waals surface area contributed by atoms with Gasteiger partial charge in [0.1, 0.15) is 12.1 Å². The second kappa shape index (κ2) is 5.57. The lowest BCUT2D eigenvalue weighted by atomic mass is 10.1. The number of piperazine rings is 1. The van der Waals surface area contributed by atoms with Crippen LogP contribution in [0.3, 0.4) is 0 Å². The number of carbonyl (C=O) groups is 2. The van der Waals surface area contributed by atoms with E-state index < -0.39 is 0 Å².